The lowest BCUT2D eigenvalue weighted by Crippen LogP contribution is -2.61. The Balaban J connectivity index is 1.47. The van der Waals surface area contributed by atoms with Crippen molar-refractivity contribution in [1.29, 1.82) is 0 Å². The highest BCUT2D eigenvalue weighted by Crippen LogP contribution is 2.35. The van der Waals surface area contributed by atoms with Crippen LogP contribution >= 0.6 is 0 Å². The van der Waals surface area contributed by atoms with Gasteiger partial charge in [0.15, 0.2) is 21.5 Å². The van der Waals surface area contributed by atoms with E-state index in [4.69, 9.17) is 15.5 Å². The SMILES string of the molecule is COc1cc(N2CCN(C)CC2)ccc1C1(N)NC(=NCc2ccccc2S(C)(=O)=O)c2[nH]ccc2N1. The summed E-state index contributed by atoms with van der Waals surface area (Å²) < 4.78 is 30.3. The van der Waals surface area contributed by atoms with E-state index in [0.29, 0.717) is 17.1 Å². The van der Waals surface area contributed by atoms with E-state index in [1.54, 1.807) is 37.6 Å². The van der Waals surface area contributed by atoms with Crippen LogP contribution in [0.15, 0.2) is 64.6 Å². The first-order valence-electron chi connectivity index (χ1n) is 12.2. The first kappa shape index (κ1) is 25.1. The van der Waals surface area contributed by atoms with Gasteiger partial charge in [-0.25, -0.2) is 8.42 Å². The smallest absolute Gasteiger partial charge is 0.194 e. The van der Waals surface area contributed by atoms with Crippen molar-refractivity contribution in [2.24, 2.45) is 10.7 Å². The number of nitrogens with zero attached hydrogens (tertiary/aromatic N) is 3. The lowest BCUT2D eigenvalue weighted by molar-refractivity contribution is 0.312. The molecule has 5 N–H and O–H groups in total. The van der Waals surface area contributed by atoms with E-state index in [9.17, 15) is 8.42 Å². The van der Waals surface area contributed by atoms with Crippen LogP contribution in [0.25, 0.3) is 0 Å². The molecular weight excluding hydrogens is 490 g/mol. The van der Waals surface area contributed by atoms with Gasteiger partial charge in [0, 0.05) is 50.4 Å². The number of aromatic nitrogens is 1. The van der Waals surface area contributed by atoms with Crippen LogP contribution in [0.4, 0.5) is 11.4 Å². The van der Waals surface area contributed by atoms with Gasteiger partial charge in [0.1, 0.15) is 11.4 Å². The number of fused-ring (bicyclic) bond motifs is 1. The van der Waals surface area contributed by atoms with E-state index >= 15 is 0 Å². The van der Waals surface area contributed by atoms with Crippen LogP contribution < -0.4 is 26.0 Å². The Hall–Kier alpha value is -3.54. The summed E-state index contributed by atoms with van der Waals surface area (Å²) in [7, 11) is 0.384. The highest BCUT2D eigenvalue weighted by Gasteiger charge is 2.38. The second-order valence-corrected chi connectivity index (χ2v) is 11.5. The van der Waals surface area contributed by atoms with Crippen molar-refractivity contribution in [3.05, 3.63) is 71.5 Å². The molecule has 5 rings (SSSR count). The Morgan fingerprint density at radius 2 is 1.84 bits per heavy atom. The minimum absolute atomic E-state index is 0.166. The van der Waals surface area contributed by atoms with Crippen LogP contribution in [0.5, 0.6) is 5.75 Å². The third-order valence-electron chi connectivity index (χ3n) is 6.89. The fourth-order valence-corrected chi connectivity index (χ4v) is 5.78. The number of aliphatic imine (C=N–C) groups is 1. The number of amidine groups is 1. The van der Waals surface area contributed by atoms with Crippen LogP contribution in [-0.2, 0) is 22.2 Å². The van der Waals surface area contributed by atoms with Gasteiger partial charge in [-0.1, -0.05) is 18.2 Å². The predicted octanol–water partition coefficient (Wildman–Crippen LogP) is 1.91. The van der Waals surface area contributed by atoms with Gasteiger partial charge in [-0.3, -0.25) is 10.7 Å². The van der Waals surface area contributed by atoms with Gasteiger partial charge in [-0.15, -0.1) is 0 Å². The van der Waals surface area contributed by atoms with Gasteiger partial charge in [0.05, 0.1) is 29.8 Å². The average Bonchev–Trinajstić information content (AvgIpc) is 3.35. The first-order valence-corrected chi connectivity index (χ1v) is 14.0. The average molecular weight is 524 g/mol. The quantitative estimate of drug-likeness (QED) is 0.386. The van der Waals surface area contributed by atoms with Crippen LogP contribution in [0.2, 0.25) is 0 Å². The molecule has 37 heavy (non-hydrogen) atoms. The zero-order chi connectivity index (χ0) is 26.2. The molecule has 196 valence electrons. The molecule has 0 saturated carbocycles. The van der Waals surface area contributed by atoms with E-state index in [1.807, 2.05) is 18.2 Å². The minimum atomic E-state index is -3.39. The van der Waals surface area contributed by atoms with Crippen molar-refractivity contribution < 1.29 is 13.2 Å². The van der Waals surface area contributed by atoms with Crippen molar-refractivity contribution in [1.82, 2.24) is 15.2 Å². The summed E-state index contributed by atoms with van der Waals surface area (Å²) in [5, 5.41) is 6.70. The summed E-state index contributed by atoms with van der Waals surface area (Å²) in [6.07, 6.45) is 3.01. The second-order valence-electron chi connectivity index (χ2n) is 9.54. The van der Waals surface area contributed by atoms with Crippen molar-refractivity contribution in [3.63, 3.8) is 0 Å². The number of sulfone groups is 1. The molecule has 3 heterocycles. The highest BCUT2D eigenvalue weighted by molar-refractivity contribution is 7.90. The van der Waals surface area contributed by atoms with Crippen LogP contribution in [0.3, 0.4) is 0 Å². The Kier molecular flexibility index (Phi) is 6.61. The van der Waals surface area contributed by atoms with Gasteiger partial charge in [-0.2, -0.15) is 0 Å². The molecule has 2 aromatic carbocycles. The molecule has 1 fully saturated rings. The van der Waals surface area contributed by atoms with E-state index in [0.717, 1.165) is 48.8 Å². The van der Waals surface area contributed by atoms with Crippen molar-refractivity contribution >= 4 is 27.0 Å². The highest BCUT2D eigenvalue weighted by atomic mass is 32.2. The Morgan fingerprint density at radius 1 is 1.08 bits per heavy atom. The lowest BCUT2D eigenvalue weighted by atomic mass is 10.0. The number of H-pyrrole nitrogens is 1. The number of hydrogen-bond acceptors (Lipinski definition) is 8. The largest absolute Gasteiger partial charge is 0.496 e. The van der Waals surface area contributed by atoms with Gasteiger partial charge in [0.25, 0.3) is 0 Å². The number of rotatable bonds is 6. The number of piperazine rings is 1. The maximum atomic E-state index is 12.3. The standard InChI is InChI=1S/C26H33N7O3S/c1-32-12-14-33(15-13-32)19-8-9-20(22(16-19)36-2)26(27)30-21-10-11-28-24(21)25(31-26)29-17-18-6-4-5-7-23(18)37(3,34)35/h4-11,16,28,30H,12-15,17,27H2,1-3H3,(H,29,31). The number of methoxy groups -OCH3 is 1. The maximum absolute atomic E-state index is 12.3. The van der Waals surface area contributed by atoms with Crippen molar-refractivity contribution in [3.8, 4) is 5.75 Å². The molecule has 0 bridgehead atoms. The Bertz CT molecular complexity index is 1430. The fraction of sp³-hybridized carbons (Fsp3) is 0.346. The molecule has 11 heteroatoms. The zero-order valence-corrected chi connectivity index (χ0v) is 22.1. The summed E-state index contributed by atoms with van der Waals surface area (Å²) in [5.41, 5.74) is 10.9. The van der Waals surface area contributed by atoms with Crippen molar-refractivity contribution in [2.75, 3.05) is 56.8 Å². The van der Waals surface area contributed by atoms with Gasteiger partial charge >= 0.3 is 0 Å². The predicted molar refractivity (Wildman–Crippen MR) is 146 cm³/mol. The summed E-state index contributed by atoms with van der Waals surface area (Å²) in [4.78, 5) is 12.9. The lowest BCUT2D eigenvalue weighted by Gasteiger charge is -2.39. The summed E-state index contributed by atoms with van der Waals surface area (Å²) in [5.74, 6) is -0.0365. The minimum Gasteiger partial charge on any atom is -0.496 e. The van der Waals surface area contributed by atoms with Gasteiger partial charge in [0.2, 0.25) is 0 Å². The summed E-state index contributed by atoms with van der Waals surface area (Å²) in [6, 6.07) is 14.8. The van der Waals surface area contributed by atoms with E-state index < -0.39 is 15.6 Å². The molecule has 3 aromatic rings. The second kappa shape index (κ2) is 9.73. The monoisotopic (exact) mass is 523 g/mol. The van der Waals surface area contributed by atoms with E-state index in [-0.39, 0.29) is 11.4 Å². The fourth-order valence-electron chi connectivity index (χ4n) is 4.84. The van der Waals surface area contributed by atoms with Crippen molar-refractivity contribution in [2.45, 2.75) is 17.2 Å². The van der Waals surface area contributed by atoms with Crippen LogP contribution in [-0.4, -0.2) is 70.7 Å². The third kappa shape index (κ3) is 5.02. The molecule has 0 spiro atoms. The number of ether oxygens (including phenoxy) is 1. The first-order chi connectivity index (χ1) is 17.7. The Labute approximate surface area is 217 Å². The molecular formula is C26H33N7O3S. The van der Waals surface area contributed by atoms with Crippen LogP contribution in [0, 0.1) is 0 Å². The number of aromatic amines is 1. The molecule has 0 aliphatic carbocycles. The molecule has 0 radical (unpaired) electrons. The van der Waals surface area contributed by atoms with E-state index in [2.05, 4.69) is 38.5 Å². The maximum Gasteiger partial charge on any atom is 0.194 e. The number of hydrogen-bond donors (Lipinski definition) is 4. The zero-order valence-electron chi connectivity index (χ0n) is 21.3. The number of benzene rings is 2. The molecule has 0 amide bonds. The molecule has 10 nitrogen and oxygen atoms in total. The Morgan fingerprint density at radius 3 is 2.57 bits per heavy atom. The molecule has 2 aliphatic heterocycles. The van der Waals surface area contributed by atoms with Gasteiger partial charge in [-0.05, 0) is 36.9 Å². The number of nitrogens with two attached hydrogens (primary N) is 1. The number of anilines is 2. The normalized spacial score (nSPS) is 21.3. The molecule has 2 aliphatic rings. The van der Waals surface area contributed by atoms with Gasteiger partial charge < -0.3 is 30.2 Å². The summed E-state index contributed by atoms with van der Waals surface area (Å²) in [6.45, 7) is 4.07. The van der Waals surface area contributed by atoms with Crippen LogP contribution in [0.1, 0.15) is 16.8 Å². The summed E-state index contributed by atoms with van der Waals surface area (Å²) >= 11 is 0. The number of nitrogens with one attached hydrogen (secondary N) is 3. The third-order valence-corrected chi connectivity index (χ3v) is 8.09. The molecule has 1 atom stereocenters. The topological polar surface area (TPSA) is 128 Å². The van der Waals surface area contributed by atoms with E-state index in [1.165, 1.54) is 6.26 Å². The molecule has 1 unspecified atom stereocenters. The number of likely N-dealkylation sites (N-methyl/N-ethyl adjacent to an activating group) is 1. The molecule has 1 saturated heterocycles. The molecule has 1 aromatic heterocycles.